The molecule has 0 aliphatic carbocycles. The highest BCUT2D eigenvalue weighted by molar-refractivity contribution is 8.00. The van der Waals surface area contributed by atoms with Crippen LogP contribution in [0.5, 0.6) is 0 Å². The molecule has 1 aromatic heterocycles. The predicted molar refractivity (Wildman–Crippen MR) is 91.7 cm³/mol. The van der Waals surface area contributed by atoms with E-state index >= 15 is 0 Å². The number of hydrogen-bond acceptors (Lipinski definition) is 3. The van der Waals surface area contributed by atoms with Gasteiger partial charge >= 0.3 is 0 Å². The van der Waals surface area contributed by atoms with Crippen molar-refractivity contribution >= 4 is 29.3 Å². The molecule has 1 unspecified atom stereocenters. The van der Waals surface area contributed by atoms with E-state index in [9.17, 15) is 4.79 Å². The summed E-state index contributed by atoms with van der Waals surface area (Å²) in [5.74, 6) is 0.474. The number of imidazole rings is 1. The first-order chi connectivity index (χ1) is 10.5. The Hall–Kier alpha value is -1.46. The molecular weight excluding hydrogens is 318 g/mol. The molecule has 0 fully saturated rings. The Bertz CT molecular complexity index is 625. The lowest BCUT2D eigenvalue weighted by Crippen LogP contribution is -2.33. The fourth-order valence-electron chi connectivity index (χ4n) is 1.84. The van der Waals surface area contributed by atoms with Crippen molar-refractivity contribution < 1.29 is 4.79 Å². The zero-order valence-electron chi connectivity index (χ0n) is 12.9. The van der Waals surface area contributed by atoms with Gasteiger partial charge in [0, 0.05) is 29.6 Å². The number of amides is 1. The Morgan fingerprint density at radius 1 is 1.32 bits per heavy atom. The number of hydrogen-bond donors (Lipinski definition) is 1. The van der Waals surface area contributed by atoms with Crippen LogP contribution in [-0.2, 0) is 4.79 Å². The highest BCUT2D eigenvalue weighted by Crippen LogP contribution is 2.25. The molecule has 22 heavy (non-hydrogen) atoms. The van der Waals surface area contributed by atoms with Crippen molar-refractivity contribution in [3.63, 3.8) is 0 Å². The Balaban J connectivity index is 2.06. The highest BCUT2D eigenvalue weighted by atomic mass is 35.5. The first-order valence-electron chi connectivity index (χ1n) is 7.21. The number of thioether (sulfide) groups is 1. The minimum absolute atomic E-state index is 0.0318. The van der Waals surface area contributed by atoms with Crippen LogP contribution in [0.15, 0.2) is 41.8 Å². The quantitative estimate of drug-likeness (QED) is 0.816. The molecule has 0 saturated carbocycles. The SMILES string of the molecule is CC(C)CNC(=O)C(C)Sc1nccn1-c1ccc(Cl)cc1. The molecule has 1 aromatic carbocycles. The van der Waals surface area contributed by atoms with Crippen LogP contribution in [0.4, 0.5) is 0 Å². The minimum atomic E-state index is -0.202. The molecule has 6 heteroatoms. The first kappa shape index (κ1) is 16.9. The van der Waals surface area contributed by atoms with E-state index in [1.54, 1.807) is 6.20 Å². The Morgan fingerprint density at radius 3 is 2.64 bits per heavy atom. The molecule has 0 bridgehead atoms. The highest BCUT2D eigenvalue weighted by Gasteiger charge is 2.17. The van der Waals surface area contributed by atoms with E-state index in [2.05, 4.69) is 24.1 Å². The molecule has 0 aliphatic heterocycles. The number of rotatable bonds is 6. The molecule has 118 valence electrons. The molecule has 2 rings (SSSR count). The summed E-state index contributed by atoms with van der Waals surface area (Å²) in [4.78, 5) is 16.4. The van der Waals surface area contributed by atoms with Crippen molar-refractivity contribution in [3.05, 3.63) is 41.7 Å². The molecule has 1 heterocycles. The van der Waals surface area contributed by atoms with Gasteiger partial charge in [-0.1, -0.05) is 37.2 Å². The van der Waals surface area contributed by atoms with Gasteiger partial charge in [0.2, 0.25) is 5.91 Å². The third kappa shape index (κ3) is 4.52. The zero-order chi connectivity index (χ0) is 16.1. The number of halogens is 1. The largest absolute Gasteiger partial charge is 0.355 e. The maximum absolute atomic E-state index is 12.1. The zero-order valence-corrected chi connectivity index (χ0v) is 14.5. The van der Waals surface area contributed by atoms with E-state index in [4.69, 9.17) is 11.6 Å². The summed E-state index contributed by atoms with van der Waals surface area (Å²) in [6.07, 6.45) is 3.61. The van der Waals surface area contributed by atoms with Crippen LogP contribution in [0, 0.1) is 5.92 Å². The molecule has 0 radical (unpaired) electrons. The van der Waals surface area contributed by atoms with Crippen LogP contribution in [0.25, 0.3) is 5.69 Å². The fourth-order valence-corrected chi connectivity index (χ4v) is 2.87. The van der Waals surface area contributed by atoms with Crippen LogP contribution < -0.4 is 5.32 Å². The summed E-state index contributed by atoms with van der Waals surface area (Å²) in [5.41, 5.74) is 0.971. The van der Waals surface area contributed by atoms with Gasteiger partial charge in [-0.3, -0.25) is 9.36 Å². The second-order valence-electron chi connectivity index (χ2n) is 5.46. The standard InChI is InChI=1S/C16H20ClN3OS/c1-11(2)10-19-15(21)12(3)22-16-18-8-9-20(16)14-6-4-13(17)5-7-14/h4-9,11-12H,10H2,1-3H3,(H,19,21). The Morgan fingerprint density at radius 2 is 2.00 bits per heavy atom. The fraction of sp³-hybridized carbons (Fsp3) is 0.375. The Labute approximate surface area is 140 Å². The van der Waals surface area contributed by atoms with Gasteiger partial charge in [-0.15, -0.1) is 0 Å². The van der Waals surface area contributed by atoms with Crippen LogP contribution in [0.1, 0.15) is 20.8 Å². The summed E-state index contributed by atoms with van der Waals surface area (Å²) in [5, 5.41) is 4.23. The number of carbonyl (C=O) groups is 1. The van der Waals surface area contributed by atoms with Crippen LogP contribution in [0.2, 0.25) is 5.02 Å². The molecule has 0 aliphatic rings. The summed E-state index contributed by atoms with van der Waals surface area (Å²) >= 11 is 7.36. The second-order valence-corrected chi connectivity index (χ2v) is 7.20. The molecule has 1 amide bonds. The number of nitrogens with zero attached hydrogens (tertiary/aromatic N) is 2. The van der Waals surface area contributed by atoms with Gasteiger partial charge in [0.15, 0.2) is 5.16 Å². The number of nitrogens with one attached hydrogen (secondary N) is 1. The number of benzene rings is 1. The number of aromatic nitrogens is 2. The third-order valence-electron chi connectivity index (χ3n) is 3.05. The lowest BCUT2D eigenvalue weighted by molar-refractivity contribution is -0.120. The minimum Gasteiger partial charge on any atom is -0.355 e. The molecule has 4 nitrogen and oxygen atoms in total. The maximum atomic E-state index is 12.1. The lowest BCUT2D eigenvalue weighted by Gasteiger charge is -2.14. The van der Waals surface area contributed by atoms with Gasteiger partial charge < -0.3 is 5.32 Å². The van der Waals surface area contributed by atoms with Gasteiger partial charge in [-0.05, 0) is 37.1 Å². The molecule has 0 saturated heterocycles. The first-order valence-corrected chi connectivity index (χ1v) is 8.46. The monoisotopic (exact) mass is 337 g/mol. The van der Waals surface area contributed by atoms with E-state index in [1.165, 1.54) is 11.8 Å². The molecule has 1 atom stereocenters. The van der Waals surface area contributed by atoms with E-state index in [0.717, 1.165) is 10.8 Å². The summed E-state index contributed by atoms with van der Waals surface area (Å²) < 4.78 is 1.95. The van der Waals surface area contributed by atoms with Crippen molar-refractivity contribution in [3.8, 4) is 5.69 Å². The van der Waals surface area contributed by atoms with Crippen LogP contribution in [-0.4, -0.2) is 27.3 Å². The normalized spacial score (nSPS) is 12.4. The van der Waals surface area contributed by atoms with Crippen molar-refractivity contribution in [1.82, 2.24) is 14.9 Å². The molecular formula is C16H20ClN3OS. The smallest absolute Gasteiger partial charge is 0.233 e. The summed E-state index contributed by atoms with van der Waals surface area (Å²) in [7, 11) is 0. The van der Waals surface area contributed by atoms with Gasteiger partial charge in [0.1, 0.15) is 0 Å². The van der Waals surface area contributed by atoms with E-state index in [1.807, 2.05) is 42.0 Å². The Kier molecular flexibility index (Phi) is 5.91. The van der Waals surface area contributed by atoms with Gasteiger partial charge in [-0.2, -0.15) is 0 Å². The van der Waals surface area contributed by atoms with Crippen LogP contribution >= 0.6 is 23.4 Å². The van der Waals surface area contributed by atoms with Crippen molar-refractivity contribution in [2.45, 2.75) is 31.2 Å². The second kappa shape index (κ2) is 7.70. The lowest BCUT2D eigenvalue weighted by atomic mass is 10.2. The van der Waals surface area contributed by atoms with Crippen molar-refractivity contribution in [2.24, 2.45) is 5.92 Å². The van der Waals surface area contributed by atoms with E-state index in [-0.39, 0.29) is 11.2 Å². The van der Waals surface area contributed by atoms with Crippen molar-refractivity contribution in [2.75, 3.05) is 6.54 Å². The maximum Gasteiger partial charge on any atom is 0.233 e. The van der Waals surface area contributed by atoms with Crippen LogP contribution in [0.3, 0.4) is 0 Å². The average Bonchev–Trinajstić information content (AvgIpc) is 2.93. The average molecular weight is 338 g/mol. The van der Waals surface area contributed by atoms with E-state index < -0.39 is 0 Å². The summed E-state index contributed by atoms with van der Waals surface area (Å²) in [6, 6.07) is 7.53. The number of carbonyl (C=O) groups excluding carboxylic acids is 1. The van der Waals surface area contributed by atoms with E-state index in [0.29, 0.717) is 17.5 Å². The van der Waals surface area contributed by atoms with Gasteiger partial charge in [0.05, 0.1) is 5.25 Å². The predicted octanol–water partition coefficient (Wildman–Crippen LogP) is 3.78. The molecule has 1 N–H and O–H groups in total. The van der Waals surface area contributed by atoms with Gasteiger partial charge in [0.25, 0.3) is 0 Å². The molecule has 2 aromatic rings. The van der Waals surface area contributed by atoms with Crippen molar-refractivity contribution in [1.29, 1.82) is 0 Å². The third-order valence-corrected chi connectivity index (χ3v) is 4.38. The van der Waals surface area contributed by atoms with Gasteiger partial charge in [-0.25, -0.2) is 4.98 Å². The summed E-state index contributed by atoms with van der Waals surface area (Å²) in [6.45, 7) is 6.73. The molecule has 0 spiro atoms. The topological polar surface area (TPSA) is 46.9 Å².